The van der Waals surface area contributed by atoms with Gasteiger partial charge in [0.05, 0.1) is 22.6 Å². The van der Waals surface area contributed by atoms with Crippen molar-refractivity contribution >= 4 is 75.3 Å². The lowest BCUT2D eigenvalue weighted by Gasteiger charge is -2.31. The molecule has 2 nitrogen and oxygen atoms in total. The molecule has 0 aliphatic carbocycles. The third-order valence-electron chi connectivity index (χ3n) is 10.2. The molecule has 0 saturated carbocycles. The third-order valence-corrected chi connectivity index (χ3v) is 11.4. The zero-order valence-corrected chi connectivity index (χ0v) is 25.6. The van der Waals surface area contributed by atoms with Gasteiger partial charge in [0.1, 0.15) is 0 Å². The molecule has 1 aliphatic rings. The van der Waals surface area contributed by atoms with Crippen LogP contribution in [0.15, 0.2) is 146 Å². The van der Waals surface area contributed by atoms with Crippen LogP contribution >= 0.6 is 11.3 Å². The van der Waals surface area contributed by atoms with Gasteiger partial charge in [-0.05, 0) is 64.2 Å². The molecule has 3 heteroatoms. The Morgan fingerprint density at radius 3 is 1.98 bits per heavy atom. The standard InChI is InChI=1S/C43H26N2S/c1-2-11-25(12-3-1)41-31-21-22-38-40(39(31)30-15-4-7-18-35(30)44-41)32-17-10-16-27(43(32)46-38)26-23-33-28-13-5-8-19-36(28)45-37-20-9-6-14-29(37)34(24-26)42(33)45/h1-24,41,44H. The molecule has 1 aliphatic heterocycles. The Morgan fingerprint density at radius 1 is 0.543 bits per heavy atom. The molecular formula is C43H26N2S. The Kier molecular flexibility index (Phi) is 4.81. The van der Waals surface area contributed by atoms with Gasteiger partial charge in [0.25, 0.3) is 0 Å². The third kappa shape index (κ3) is 3.15. The van der Waals surface area contributed by atoms with Crippen LogP contribution in [-0.4, -0.2) is 4.40 Å². The van der Waals surface area contributed by atoms with Gasteiger partial charge in [-0.25, -0.2) is 0 Å². The average Bonchev–Trinajstić information content (AvgIpc) is 3.78. The minimum Gasteiger partial charge on any atom is -0.374 e. The lowest BCUT2D eigenvalue weighted by Crippen LogP contribution is -2.18. The van der Waals surface area contributed by atoms with E-state index in [0.717, 1.165) is 0 Å². The molecule has 46 heavy (non-hydrogen) atoms. The largest absolute Gasteiger partial charge is 0.374 e. The smallest absolute Gasteiger partial charge is 0.0773 e. The Labute approximate surface area is 269 Å². The molecule has 1 unspecified atom stereocenters. The number of fused-ring (bicyclic) bond motifs is 13. The zero-order chi connectivity index (χ0) is 29.9. The van der Waals surface area contributed by atoms with E-state index in [0.29, 0.717) is 0 Å². The predicted octanol–water partition coefficient (Wildman–Crippen LogP) is 12.1. The van der Waals surface area contributed by atoms with Crippen molar-refractivity contribution in [3.05, 3.63) is 157 Å². The summed E-state index contributed by atoms with van der Waals surface area (Å²) in [7, 11) is 0. The van der Waals surface area contributed by atoms with E-state index in [9.17, 15) is 0 Å². The van der Waals surface area contributed by atoms with E-state index in [1.54, 1.807) is 0 Å². The van der Waals surface area contributed by atoms with Gasteiger partial charge < -0.3 is 9.72 Å². The quantitative estimate of drug-likeness (QED) is 0.208. The van der Waals surface area contributed by atoms with Crippen molar-refractivity contribution in [2.24, 2.45) is 0 Å². The molecule has 1 atom stereocenters. The minimum atomic E-state index is 0.0950. The molecule has 11 rings (SSSR count). The summed E-state index contributed by atoms with van der Waals surface area (Å²) in [5.74, 6) is 0. The predicted molar refractivity (Wildman–Crippen MR) is 197 cm³/mol. The molecular weight excluding hydrogens is 577 g/mol. The normalized spacial score (nSPS) is 14.5. The number of nitrogens with zero attached hydrogens (tertiary/aromatic N) is 1. The summed E-state index contributed by atoms with van der Waals surface area (Å²) < 4.78 is 5.14. The van der Waals surface area contributed by atoms with Crippen LogP contribution in [0.3, 0.4) is 0 Å². The van der Waals surface area contributed by atoms with Gasteiger partial charge in [-0.15, -0.1) is 11.3 Å². The van der Waals surface area contributed by atoms with Crippen LogP contribution in [0.1, 0.15) is 17.2 Å². The van der Waals surface area contributed by atoms with Crippen molar-refractivity contribution in [1.82, 2.24) is 4.40 Å². The van der Waals surface area contributed by atoms with Crippen LogP contribution in [0, 0.1) is 0 Å². The van der Waals surface area contributed by atoms with Crippen LogP contribution in [0.5, 0.6) is 0 Å². The van der Waals surface area contributed by atoms with E-state index in [1.807, 2.05) is 11.3 Å². The molecule has 1 N–H and O–H groups in total. The molecule has 10 aromatic rings. The molecule has 0 bridgehead atoms. The van der Waals surface area contributed by atoms with Crippen LogP contribution < -0.4 is 5.32 Å². The maximum Gasteiger partial charge on any atom is 0.0773 e. The summed E-state index contributed by atoms with van der Waals surface area (Å²) in [5.41, 5.74) is 12.9. The zero-order valence-electron chi connectivity index (χ0n) is 24.8. The first-order chi connectivity index (χ1) is 22.8. The van der Waals surface area contributed by atoms with Crippen LogP contribution in [0.2, 0.25) is 0 Å². The molecule has 0 fully saturated rings. The van der Waals surface area contributed by atoms with E-state index >= 15 is 0 Å². The fourth-order valence-corrected chi connectivity index (χ4v) is 9.48. The number of rotatable bonds is 2. The van der Waals surface area contributed by atoms with Gasteiger partial charge in [-0.1, -0.05) is 109 Å². The number of thiophene rings is 1. The Morgan fingerprint density at radius 2 is 1.20 bits per heavy atom. The summed E-state index contributed by atoms with van der Waals surface area (Å²) in [6.45, 7) is 0. The summed E-state index contributed by atoms with van der Waals surface area (Å²) in [5, 5.41) is 11.8. The first-order valence-electron chi connectivity index (χ1n) is 15.9. The number of nitrogens with one attached hydrogen (secondary N) is 1. The first-order valence-corrected chi connectivity index (χ1v) is 16.7. The summed E-state index contributed by atoms with van der Waals surface area (Å²) >= 11 is 1.93. The number of hydrogen-bond acceptors (Lipinski definition) is 2. The minimum absolute atomic E-state index is 0.0950. The summed E-state index contributed by atoms with van der Waals surface area (Å²) in [6, 6.07) is 53.9. The Bertz CT molecular complexity index is 2760. The van der Waals surface area contributed by atoms with E-state index < -0.39 is 0 Å². The molecule has 0 spiro atoms. The highest BCUT2D eigenvalue weighted by molar-refractivity contribution is 7.26. The van der Waals surface area contributed by atoms with Gasteiger partial charge >= 0.3 is 0 Å². The second kappa shape index (κ2) is 8.97. The molecule has 0 amide bonds. The van der Waals surface area contributed by atoms with Crippen molar-refractivity contribution in [1.29, 1.82) is 0 Å². The SMILES string of the molecule is c1ccc(C2Nc3ccccc3-c3c2ccc2sc4c(-c5cc6c7ccccc7n7c8ccccc8c(c5)c67)cccc4c32)cc1. The van der Waals surface area contributed by atoms with Gasteiger partial charge in [0.15, 0.2) is 0 Å². The van der Waals surface area contributed by atoms with E-state index in [1.165, 1.54) is 97.3 Å². The average molecular weight is 603 g/mol. The van der Waals surface area contributed by atoms with Crippen LogP contribution in [-0.2, 0) is 0 Å². The van der Waals surface area contributed by atoms with Gasteiger partial charge in [0.2, 0.25) is 0 Å². The maximum atomic E-state index is 3.87. The molecule has 7 aromatic carbocycles. The number of anilines is 1. The van der Waals surface area contributed by atoms with Crippen LogP contribution in [0.4, 0.5) is 5.69 Å². The van der Waals surface area contributed by atoms with Crippen LogP contribution in [0.25, 0.3) is 80.5 Å². The van der Waals surface area contributed by atoms with Crippen molar-refractivity contribution < 1.29 is 0 Å². The highest BCUT2D eigenvalue weighted by Gasteiger charge is 2.28. The number of hydrogen-bond donors (Lipinski definition) is 1. The number of benzene rings is 7. The summed E-state index contributed by atoms with van der Waals surface area (Å²) in [4.78, 5) is 0. The van der Waals surface area contributed by atoms with E-state index in [4.69, 9.17) is 0 Å². The van der Waals surface area contributed by atoms with E-state index in [2.05, 4.69) is 155 Å². The lowest BCUT2D eigenvalue weighted by atomic mass is 9.84. The second-order valence-corrected chi connectivity index (χ2v) is 13.6. The number of para-hydroxylation sites is 3. The van der Waals surface area contributed by atoms with Crippen molar-refractivity contribution in [3.63, 3.8) is 0 Å². The van der Waals surface area contributed by atoms with Crippen molar-refractivity contribution in [2.75, 3.05) is 5.32 Å². The Hall–Kier alpha value is -5.64. The van der Waals surface area contributed by atoms with Gasteiger partial charge in [0, 0.05) is 53.0 Å². The fourth-order valence-electron chi connectivity index (χ4n) is 8.24. The van der Waals surface area contributed by atoms with Gasteiger partial charge in [-0.2, -0.15) is 0 Å². The molecule has 0 radical (unpaired) electrons. The Balaban J connectivity index is 1.23. The lowest BCUT2D eigenvalue weighted by molar-refractivity contribution is 0.933. The highest BCUT2D eigenvalue weighted by atomic mass is 32.1. The highest BCUT2D eigenvalue weighted by Crippen LogP contribution is 2.51. The van der Waals surface area contributed by atoms with Crippen molar-refractivity contribution in [3.8, 4) is 22.3 Å². The monoisotopic (exact) mass is 602 g/mol. The molecule has 4 heterocycles. The maximum absolute atomic E-state index is 3.87. The molecule has 3 aromatic heterocycles. The van der Waals surface area contributed by atoms with Gasteiger partial charge in [-0.3, -0.25) is 0 Å². The molecule has 0 saturated heterocycles. The topological polar surface area (TPSA) is 16.4 Å². The first kappa shape index (κ1) is 24.7. The van der Waals surface area contributed by atoms with Crippen molar-refractivity contribution in [2.45, 2.75) is 6.04 Å². The summed E-state index contributed by atoms with van der Waals surface area (Å²) in [6.07, 6.45) is 0. The fraction of sp³-hybridized carbons (Fsp3) is 0.0233. The molecule has 214 valence electrons. The number of aromatic nitrogens is 1. The van der Waals surface area contributed by atoms with E-state index in [-0.39, 0.29) is 6.04 Å². The second-order valence-electron chi connectivity index (χ2n) is 12.5.